The molecule has 0 saturated heterocycles. The van der Waals surface area contributed by atoms with Crippen molar-refractivity contribution in [1.29, 1.82) is 0 Å². The molecule has 2 atom stereocenters. The number of hydrogen-bond acceptors (Lipinski definition) is 1. The van der Waals surface area contributed by atoms with Crippen molar-refractivity contribution >= 4 is 5.97 Å². The van der Waals surface area contributed by atoms with Crippen LogP contribution in [0.15, 0.2) is 24.3 Å². The van der Waals surface area contributed by atoms with Crippen molar-refractivity contribution in [3.05, 3.63) is 35.4 Å². The number of carboxylic acid groups (broad SMARTS) is 1. The molecule has 1 rings (SSSR count). The molecule has 0 aliphatic carbocycles. The van der Waals surface area contributed by atoms with Gasteiger partial charge in [0.1, 0.15) is 0 Å². The van der Waals surface area contributed by atoms with Crippen LogP contribution in [0.1, 0.15) is 44.2 Å². The summed E-state index contributed by atoms with van der Waals surface area (Å²) in [5.74, 6) is -0.505. The van der Waals surface area contributed by atoms with Crippen molar-refractivity contribution < 1.29 is 9.90 Å². The molecule has 16 heavy (non-hydrogen) atoms. The number of carbonyl (C=O) groups is 1. The normalized spacial score (nSPS) is 14.4. The van der Waals surface area contributed by atoms with Gasteiger partial charge in [-0.05, 0) is 30.4 Å². The first-order chi connectivity index (χ1) is 7.54. The minimum absolute atomic E-state index is 0.419. The summed E-state index contributed by atoms with van der Waals surface area (Å²) in [6, 6.07) is 7.94. The van der Waals surface area contributed by atoms with E-state index < -0.39 is 11.9 Å². The van der Waals surface area contributed by atoms with Crippen molar-refractivity contribution in [2.24, 2.45) is 5.92 Å². The highest BCUT2D eigenvalue weighted by molar-refractivity contribution is 5.75. The Balaban J connectivity index is 2.71. The minimum atomic E-state index is -0.769. The minimum Gasteiger partial charge on any atom is -0.481 e. The van der Waals surface area contributed by atoms with Crippen LogP contribution in [0.25, 0.3) is 0 Å². The van der Waals surface area contributed by atoms with Gasteiger partial charge in [-0.3, -0.25) is 4.79 Å². The first-order valence-electron chi connectivity index (χ1n) is 5.86. The lowest BCUT2D eigenvalue weighted by Gasteiger charge is -2.10. The second-order valence-corrected chi connectivity index (χ2v) is 4.52. The van der Waals surface area contributed by atoms with E-state index in [0.29, 0.717) is 5.92 Å². The molecule has 0 aliphatic rings. The third kappa shape index (κ3) is 3.37. The van der Waals surface area contributed by atoms with Crippen LogP contribution in [0.3, 0.4) is 0 Å². The van der Waals surface area contributed by atoms with Gasteiger partial charge in [0.25, 0.3) is 0 Å². The van der Waals surface area contributed by atoms with Crippen LogP contribution in [0, 0.1) is 5.92 Å². The molecule has 0 amide bonds. The Morgan fingerprint density at radius 2 is 1.81 bits per heavy atom. The summed E-state index contributed by atoms with van der Waals surface area (Å²) < 4.78 is 0. The fraction of sp³-hybridized carbons (Fsp3) is 0.500. The van der Waals surface area contributed by atoms with Crippen LogP contribution in [0.4, 0.5) is 0 Å². The molecule has 0 bridgehead atoms. The lowest BCUT2D eigenvalue weighted by atomic mass is 9.95. The molecular weight excluding hydrogens is 200 g/mol. The van der Waals surface area contributed by atoms with Crippen molar-refractivity contribution in [2.45, 2.75) is 39.5 Å². The van der Waals surface area contributed by atoms with Gasteiger partial charge in [0.2, 0.25) is 0 Å². The van der Waals surface area contributed by atoms with Gasteiger partial charge in [0.05, 0.1) is 5.92 Å². The van der Waals surface area contributed by atoms with Gasteiger partial charge in [-0.15, -0.1) is 0 Å². The molecule has 1 aromatic rings. The predicted molar refractivity (Wildman–Crippen MR) is 65.7 cm³/mol. The maximum Gasteiger partial charge on any atom is 0.310 e. The van der Waals surface area contributed by atoms with Gasteiger partial charge < -0.3 is 5.11 Å². The average Bonchev–Trinajstić information content (AvgIpc) is 2.28. The van der Waals surface area contributed by atoms with Crippen molar-refractivity contribution in [1.82, 2.24) is 0 Å². The number of rotatable bonds is 5. The molecule has 0 radical (unpaired) electrons. The fourth-order valence-electron chi connectivity index (χ4n) is 1.63. The number of benzene rings is 1. The van der Waals surface area contributed by atoms with Crippen molar-refractivity contribution in [3.63, 3.8) is 0 Å². The molecule has 0 saturated carbocycles. The van der Waals surface area contributed by atoms with E-state index in [9.17, 15) is 4.79 Å². The third-order valence-corrected chi connectivity index (χ3v) is 3.13. The Morgan fingerprint density at radius 3 is 2.25 bits per heavy atom. The van der Waals surface area contributed by atoms with Crippen LogP contribution < -0.4 is 0 Å². The van der Waals surface area contributed by atoms with Gasteiger partial charge in [-0.25, -0.2) is 0 Å². The van der Waals surface area contributed by atoms with Crippen LogP contribution in [-0.2, 0) is 11.2 Å². The van der Waals surface area contributed by atoms with Gasteiger partial charge in [0.15, 0.2) is 0 Å². The molecule has 2 heteroatoms. The highest BCUT2D eigenvalue weighted by Crippen LogP contribution is 2.18. The van der Waals surface area contributed by atoms with E-state index in [-0.39, 0.29) is 0 Å². The molecule has 2 nitrogen and oxygen atoms in total. The lowest BCUT2D eigenvalue weighted by Crippen LogP contribution is -2.07. The molecule has 1 aromatic carbocycles. The topological polar surface area (TPSA) is 37.3 Å². The third-order valence-electron chi connectivity index (χ3n) is 3.13. The molecule has 0 aromatic heterocycles. The molecule has 0 aliphatic heterocycles. The van der Waals surface area contributed by atoms with E-state index in [1.54, 1.807) is 6.92 Å². The van der Waals surface area contributed by atoms with Crippen LogP contribution >= 0.6 is 0 Å². The standard InChI is InChI=1S/C14H20O2/c1-4-10(2)9-12-5-7-13(8-6-12)11(3)14(15)16/h5-8,10-11H,4,9H2,1-3H3,(H,15,16)/t10?,11-/m0/s1. The van der Waals surface area contributed by atoms with Crippen molar-refractivity contribution in [2.75, 3.05) is 0 Å². The summed E-state index contributed by atoms with van der Waals surface area (Å²) in [5.41, 5.74) is 2.16. The number of carboxylic acids is 1. The Bertz CT molecular complexity index is 340. The first kappa shape index (κ1) is 12.8. The van der Waals surface area contributed by atoms with Crippen LogP contribution in [0.5, 0.6) is 0 Å². The zero-order valence-corrected chi connectivity index (χ0v) is 10.2. The smallest absolute Gasteiger partial charge is 0.310 e. The Labute approximate surface area is 97.3 Å². The molecule has 1 unspecified atom stereocenters. The maximum atomic E-state index is 10.8. The highest BCUT2D eigenvalue weighted by atomic mass is 16.4. The lowest BCUT2D eigenvalue weighted by molar-refractivity contribution is -0.138. The van der Waals surface area contributed by atoms with E-state index in [1.165, 1.54) is 12.0 Å². The molecule has 0 fully saturated rings. The Hall–Kier alpha value is -1.31. The fourth-order valence-corrected chi connectivity index (χ4v) is 1.63. The summed E-state index contributed by atoms with van der Waals surface area (Å²) in [7, 11) is 0. The summed E-state index contributed by atoms with van der Waals surface area (Å²) in [6.07, 6.45) is 2.24. The Kier molecular flexibility index (Phi) is 4.53. The average molecular weight is 220 g/mol. The zero-order valence-electron chi connectivity index (χ0n) is 10.2. The molecule has 1 N–H and O–H groups in total. The Morgan fingerprint density at radius 1 is 1.25 bits per heavy atom. The van der Waals surface area contributed by atoms with Gasteiger partial charge in [0, 0.05) is 0 Å². The van der Waals surface area contributed by atoms with E-state index in [1.807, 2.05) is 24.3 Å². The first-order valence-corrected chi connectivity index (χ1v) is 5.86. The quantitative estimate of drug-likeness (QED) is 0.825. The summed E-state index contributed by atoms with van der Waals surface area (Å²) in [4.78, 5) is 10.8. The second kappa shape index (κ2) is 5.69. The largest absolute Gasteiger partial charge is 0.481 e. The molecular formula is C14H20O2. The van der Waals surface area contributed by atoms with E-state index >= 15 is 0 Å². The number of hydrogen-bond donors (Lipinski definition) is 1. The van der Waals surface area contributed by atoms with E-state index in [2.05, 4.69) is 13.8 Å². The predicted octanol–water partition coefficient (Wildman–Crippen LogP) is 3.46. The molecule has 0 heterocycles. The SMILES string of the molecule is CCC(C)Cc1ccc([C@H](C)C(=O)O)cc1. The van der Waals surface area contributed by atoms with E-state index in [4.69, 9.17) is 5.11 Å². The summed E-state index contributed by atoms with van der Waals surface area (Å²) in [6.45, 7) is 6.13. The van der Waals surface area contributed by atoms with Crippen molar-refractivity contribution in [3.8, 4) is 0 Å². The summed E-state index contributed by atoms with van der Waals surface area (Å²) >= 11 is 0. The molecule has 88 valence electrons. The van der Waals surface area contributed by atoms with Gasteiger partial charge in [-0.2, -0.15) is 0 Å². The highest BCUT2D eigenvalue weighted by Gasteiger charge is 2.13. The van der Waals surface area contributed by atoms with Gasteiger partial charge >= 0.3 is 5.97 Å². The summed E-state index contributed by atoms with van der Waals surface area (Å²) in [5, 5.41) is 8.89. The monoisotopic (exact) mass is 220 g/mol. The van der Waals surface area contributed by atoms with Crippen LogP contribution in [0.2, 0.25) is 0 Å². The second-order valence-electron chi connectivity index (χ2n) is 4.52. The van der Waals surface area contributed by atoms with Crippen LogP contribution in [-0.4, -0.2) is 11.1 Å². The maximum absolute atomic E-state index is 10.8. The van der Waals surface area contributed by atoms with E-state index in [0.717, 1.165) is 12.0 Å². The van der Waals surface area contributed by atoms with Gasteiger partial charge in [-0.1, -0.05) is 44.5 Å². The molecule has 0 spiro atoms. The zero-order chi connectivity index (χ0) is 12.1. The number of aliphatic carboxylic acids is 1.